The number of aryl methyl sites for hydroxylation is 1. The minimum atomic E-state index is 0.156. The molecule has 3 heteroatoms. The van der Waals surface area contributed by atoms with Gasteiger partial charge in [0.2, 0.25) is 0 Å². The molecule has 0 fully saturated rings. The van der Waals surface area contributed by atoms with Crippen molar-refractivity contribution in [1.82, 2.24) is 4.90 Å². The average molecular weight is 247 g/mol. The standard InChI is InChI=1S/C15H21NO2/c1-2-11-18-12-10-16-9-5-7-13-6-3-4-8-14(13)15(16)17/h3-4,6,8H,2,5,7,9-12H2,1H3. The molecule has 0 saturated heterocycles. The van der Waals surface area contributed by atoms with Crippen molar-refractivity contribution in [2.45, 2.75) is 26.2 Å². The number of hydrogen-bond donors (Lipinski definition) is 0. The van der Waals surface area contributed by atoms with Gasteiger partial charge in [-0.3, -0.25) is 4.79 Å². The van der Waals surface area contributed by atoms with E-state index in [0.29, 0.717) is 13.2 Å². The molecule has 1 aromatic rings. The van der Waals surface area contributed by atoms with Crippen LogP contribution in [0, 0.1) is 0 Å². The van der Waals surface area contributed by atoms with Gasteiger partial charge in [-0.25, -0.2) is 0 Å². The van der Waals surface area contributed by atoms with Crippen molar-refractivity contribution in [2.75, 3.05) is 26.3 Å². The molecule has 1 aliphatic rings. The molecule has 0 saturated carbocycles. The van der Waals surface area contributed by atoms with Crippen LogP contribution in [0.1, 0.15) is 35.7 Å². The Hall–Kier alpha value is -1.35. The Kier molecular flexibility index (Phi) is 4.76. The minimum absolute atomic E-state index is 0.156. The number of carbonyl (C=O) groups excluding carboxylic acids is 1. The van der Waals surface area contributed by atoms with Crippen molar-refractivity contribution in [3.8, 4) is 0 Å². The summed E-state index contributed by atoms with van der Waals surface area (Å²) in [6.45, 7) is 5.05. The van der Waals surface area contributed by atoms with Crippen LogP contribution in [0.2, 0.25) is 0 Å². The van der Waals surface area contributed by atoms with E-state index in [4.69, 9.17) is 4.74 Å². The van der Waals surface area contributed by atoms with Crippen LogP contribution in [0.25, 0.3) is 0 Å². The first-order valence-corrected chi connectivity index (χ1v) is 6.78. The van der Waals surface area contributed by atoms with Crippen LogP contribution in [0.5, 0.6) is 0 Å². The molecule has 18 heavy (non-hydrogen) atoms. The first kappa shape index (κ1) is 13.1. The number of hydrogen-bond acceptors (Lipinski definition) is 2. The molecule has 0 radical (unpaired) electrons. The number of fused-ring (bicyclic) bond motifs is 1. The van der Waals surface area contributed by atoms with Gasteiger partial charge in [0.1, 0.15) is 0 Å². The first-order valence-electron chi connectivity index (χ1n) is 6.78. The number of benzene rings is 1. The summed E-state index contributed by atoms with van der Waals surface area (Å²) in [6, 6.07) is 7.94. The maximum atomic E-state index is 12.4. The summed E-state index contributed by atoms with van der Waals surface area (Å²) in [5, 5.41) is 0. The van der Waals surface area contributed by atoms with E-state index in [1.165, 1.54) is 5.56 Å². The van der Waals surface area contributed by atoms with E-state index in [0.717, 1.165) is 38.0 Å². The molecule has 0 spiro atoms. The maximum absolute atomic E-state index is 12.4. The molecule has 1 amide bonds. The molecule has 0 aliphatic carbocycles. The summed E-state index contributed by atoms with van der Waals surface area (Å²) >= 11 is 0. The number of nitrogens with zero attached hydrogens (tertiary/aromatic N) is 1. The summed E-state index contributed by atoms with van der Waals surface area (Å²) < 4.78 is 5.47. The Morgan fingerprint density at radius 3 is 2.94 bits per heavy atom. The lowest BCUT2D eigenvalue weighted by molar-refractivity contribution is 0.0649. The van der Waals surface area contributed by atoms with Crippen LogP contribution < -0.4 is 0 Å². The SMILES string of the molecule is CCCOCCN1CCCc2ccccc2C1=O. The third-order valence-corrected chi connectivity index (χ3v) is 3.26. The third kappa shape index (κ3) is 3.10. The normalized spacial score (nSPS) is 15.4. The van der Waals surface area contributed by atoms with E-state index in [2.05, 4.69) is 13.0 Å². The minimum Gasteiger partial charge on any atom is -0.380 e. The Morgan fingerprint density at radius 1 is 1.28 bits per heavy atom. The van der Waals surface area contributed by atoms with Crippen LogP contribution >= 0.6 is 0 Å². The van der Waals surface area contributed by atoms with Crippen LogP contribution in [-0.4, -0.2) is 37.1 Å². The molecular formula is C15H21NO2. The molecule has 0 N–H and O–H groups in total. The zero-order chi connectivity index (χ0) is 12.8. The molecule has 0 atom stereocenters. The highest BCUT2D eigenvalue weighted by molar-refractivity contribution is 5.96. The van der Waals surface area contributed by atoms with Crippen LogP contribution in [0.4, 0.5) is 0 Å². The van der Waals surface area contributed by atoms with Crippen molar-refractivity contribution in [3.05, 3.63) is 35.4 Å². The predicted molar refractivity (Wildman–Crippen MR) is 71.8 cm³/mol. The highest BCUT2D eigenvalue weighted by Gasteiger charge is 2.21. The largest absolute Gasteiger partial charge is 0.380 e. The van der Waals surface area contributed by atoms with Gasteiger partial charge < -0.3 is 9.64 Å². The second-order valence-corrected chi connectivity index (χ2v) is 4.67. The molecule has 0 unspecified atom stereocenters. The van der Waals surface area contributed by atoms with Crippen molar-refractivity contribution in [3.63, 3.8) is 0 Å². The monoisotopic (exact) mass is 247 g/mol. The average Bonchev–Trinajstić information content (AvgIpc) is 2.56. The second-order valence-electron chi connectivity index (χ2n) is 4.67. The van der Waals surface area contributed by atoms with Crippen molar-refractivity contribution < 1.29 is 9.53 Å². The predicted octanol–water partition coefficient (Wildman–Crippen LogP) is 2.50. The summed E-state index contributed by atoms with van der Waals surface area (Å²) in [7, 11) is 0. The van der Waals surface area contributed by atoms with Crippen LogP contribution in [0.15, 0.2) is 24.3 Å². The quantitative estimate of drug-likeness (QED) is 0.748. The van der Waals surface area contributed by atoms with Gasteiger partial charge in [0.05, 0.1) is 6.61 Å². The lowest BCUT2D eigenvalue weighted by atomic mass is 10.0. The smallest absolute Gasteiger partial charge is 0.254 e. The van der Waals surface area contributed by atoms with Gasteiger partial charge in [-0.05, 0) is 30.9 Å². The lowest BCUT2D eigenvalue weighted by Gasteiger charge is -2.20. The van der Waals surface area contributed by atoms with Gasteiger partial charge in [-0.15, -0.1) is 0 Å². The summed E-state index contributed by atoms with van der Waals surface area (Å²) in [5.74, 6) is 0.156. The van der Waals surface area contributed by atoms with Crippen LogP contribution in [0.3, 0.4) is 0 Å². The summed E-state index contributed by atoms with van der Waals surface area (Å²) in [6.07, 6.45) is 3.06. The molecule has 1 heterocycles. The summed E-state index contributed by atoms with van der Waals surface area (Å²) in [5.41, 5.74) is 2.05. The molecule has 1 aromatic carbocycles. The van der Waals surface area contributed by atoms with Gasteiger partial charge in [0.25, 0.3) is 5.91 Å². The fraction of sp³-hybridized carbons (Fsp3) is 0.533. The zero-order valence-electron chi connectivity index (χ0n) is 11.0. The second kappa shape index (κ2) is 6.55. The molecule has 98 valence electrons. The number of carbonyl (C=O) groups is 1. The van der Waals surface area contributed by atoms with Crippen molar-refractivity contribution in [2.24, 2.45) is 0 Å². The van der Waals surface area contributed by atoms with E-state index in [1.807, 2.05) is 23.1 Å². The van der Waals surface area contributed by atoms with Crippen molar-refractivity contribution >= 4 is 5.91 Å². The number of ether oxygens (including phenoxy) is 1. The van der Waals surface area contributed by atoms with Gasteiger partial charge in [-0.2, -0.15) is 0 Å². The van der Waals surface area contributed by atoms with Gasteiger partial charge in [0, 0.05) is 25.3 Å². The van der Waals surface area contributed by atoms with E-state index in [9.17, 15) is 4.79 Å². The lowest BCUT2D eigenvalue weighted by Crippen LogP contribution is -2.34. The molecule has 1 aliphatic heterocycles. The zero-order valence-corrected chi connectivity index (χ0v) is 11.0. The first-order chi connectivity index (χ1) is 8.83. The third-order valence-electron chi connectivity index (χ3n) is 3.26. The van der Waals surface area contributed by atoms with Gasteiger partial charge >= 0.3 is 0 Å². The van der Waals surface area contributed by atoms with E-state index in [-0.39, 0.29) is 5.91 Å². The Labute approximate surface area is 109 Å². The molecule has 3 nitrogen and oxygen atoms in total. The fourth-order valence-electron chi connectivity index (χ4n) is 2.31. The fourth-order valence-corrected chi connectivity index (χ4v) is 2.31. The Morgan fingerprint density at radius 2 is 2.11 bits per heavy atom. The highest BCUT2D eigenvalue weighted by atomic mass is 16.5. The molecule has 2 rings (SSSR count). The molecule has 0 aromatic heterocycles. The van der Waals surface area contributed by atoms with Crippen LogP contribution in [-0.2, 0) is 11.2 Å². The molecular weight excluding hydrogens is 226 g/mol. The topological polar surface area (TPSA) is 29.5 Å². The van der Waals surface area contributed by atoms with Gasteiger partial charge in [-0.1, -0.05) is 25.1 Å². The molecule has 0 bridgehead atoms. The van der Waals surface area contributed by atoms with Crippen molar-refractivity contribution in [1.29, 1.82) is 0 Å². The summed E-state index contributed by atoms with van der Waals surface area (Å²) in [4.78, 5) is 14.3. The van der Waals surface area contributed by atoms with E-state index < -0.39 is 0 Å². The Balaban J connectivity index is 1.99. The van der Waals surface area contributed by atoms with E-state index >= 15 is 0 Å². The number of amides is 1. The van der Waals surface area contributed by atoms with Gasteiger partial charge in [0.15, 0.2) is 0 Å². The Bertz CT molecular complexity index is 403. The number of rotatable bonds is 5. The maximum Gasteiger partial charge on any atom is 0.254 e. The highest BCUT2D eigenvalue weighted by Crippen LogP contribution is 2.18. The van der Waals surface area contributed by atoms with E-state index in [1.54, 1.807) is 0 Å².